The largest absolute Gasteiger partial charge is 0.497 e. The van der Waals surface area contributed by atoms with E-state index in [4.69, 9.17) is 44.9 Å². The third-order valence-corrected chi connectivity index (χ3v) is 7.83. The topological polar surface area (TPSA) is 51.6 Å². The number of hydrogen-bond acceptors (Lipinski definition) is 4. The van der Waals surface area contributed by atoms with Crippen molar-refractivity contribution in [1.82, 2.24) is 14.9 Å². The van der Waals surface area contributed by atoms with Gasteiger partial charge in [0.05, 0.1) is 53.4 Å². The molecule has 4 aromatic rings. The maximum Gasteiger partial charge on any atom is 0.174 e. The van der Waals surface area contributed by atoms with E-state index in [0.717, 1.165) is 34.0 Å². The highest BCUT2D eigenvalue weighted by atomic mass is 35.5. The zero-order valence-electron chi connectivity index (χ0n) is 20.8. The Labute approximate surface area is 231 Å². The molecule has 1 aliphatic heterocycles. The zero-order chi connectivity index (χ0) is 26.3. The van der Waals surface area contributed by atoms with Gasteiger partial charge in [0.15, 0.2) is 5.11 Å². The molecule has 5 rings (SSSR count). The molecule has 2 aromatic heterocycles. The molecule has 9 heteroatoms. The number of anilines is 1. The molecule has 37 heavy (non-hydrogen) atoms. The third kappa shape index (κ3) is 4.41. The number of aryl methyl sites for hydroxylation is 1. The Balaban J connectivity index is 1.73. The number of halogens is 2. The summed E-state index contributed by atoms with van der Waals surface area (Å²) in [6, 6.07) is 19.0. The quantitative estimate of drug-likeness (QED) is 0.260. The standard InChI is InChI=1S/C28H26Cl2N4O2S/c1-16-14-19(17(2)33(16)22-10-7-8-20(29)25(22)30)27-26(21-9-5-6-13-31-21)32-28(37)34(27)23-15-18(35-3)11-12-24(23)36-4/h5-15,26-27H,1-4H3,(H,32,37). The Morgan fingerprint density at radius 3 is 2.46 bits per heavy atom. The molecule has 0 spiro atoms. The Morgan fingerprint density at radius 1 is 0.946 bits per heavy atom. The van der Waals surface area contributed by atoms with Crippen LogP contribution in [0.3, 0.4) is 0 Å². The Kier molecular flexibility index (Phi) is 7.03. The predicted molar refractivity (Wildman–Crippen MR) is 153 cm³/mol. The minimum Gasteiger partial charge on any atom is -0.497 e. The lowest BCUT2D eigenvalue weighted by molar-refractivity contribution is 0.403. The molecule has 1 N–H and O–H groups in total. The molecule has 0 amide bonds. The number of aromatic nitrogens is 2. The van der Waals surface area contributed by atoms with Crippen LogP contribution in [-0.4, -0.2) is 28.9 Å². The highest BCUT2D eigenvalue weighted by Gasteiger charge is 2.43. The van der Waals surface area contributed by atoms with Crippen molar-refractivity contribution in [1.29, 1.82) is 0 Å². The van der Waals surface area contributed by atoms with Crippen LogP contribution >= 0.6 is 35.4 Å². The first-order valence-corrected chi connectivity index (χ1v) is 12.9. The van der Waals surface area contributed by atoms with Crippen molar-refractivity contribution in [3.63, 3.8) is 0 Å². The van der Waals surface area contributed by atoms with E-state index in [1.165, 1.54) is 0 Å². The molecule has 3 heterocycles. The zero-order valence-corrected chi connectivity index (χ0v) is 23.2. The van der Waals surface area contributed by atoms with Crippen molar-refractivity contribution in [3.8, 4) is 17.2 Å². The van der Waals surface area contributed by atoms with Gasteiger partial charge in [-0.2, -0.15) is 0 Å². The summed E-state index contributed by atoms with van der Waals surface area (Å²) in [7, 11) is 3.29. The van der Waals surface area contributed by atoms with Crippen molar-refractivity contribution in [2.24, 2.45) is 0 Å². The molecule has 1 fully saturated rings. The minimum absolute atomic E-state index is 0.214. The summed E-state index contributed by atoms with van der Waals surface area (Å²) < 4.78 is 13.4. The van der Waals surface area contributed by atoms with E-state index < -0.39 is 0 Å². The van der Waals surface area contributed by atoms with Gasteiger partial charge in [0.25, 0.3) is 0 Å². The van der Waals surface area contributed by atoms with Gasteiger partial charge in [0.1, 0.15) is 11.5 Å². The van der Waals surface area contributed by atoms with E-state index in [2.05, 4.69) is 39.7 Å². The van der Waals surface area contributed by atoms with Gasteiger partial charge in [-0.3, -0.25) is 4.98 Å². The first-order valence-electron chi connectivity index (χ1n) is 11.7. The van der Waals surface area contributed by atoms with Crippen LogP contribution in [0.1, 0.15) is 34.7 Å². The fraction of sp³-hybridized carbons (Fsp3) is 0.214. The second-order valence-corrected chi connectivity index (χ2v) is 9.94. The van der Waals surface area contributed by atoms with Gasteiger partial charge in [0, 0.05) is 23.7 Å². The Hall–Kier alpha value is -3.26. The highest BCUT2D eigenvalue weighted by molar-refractivity contribution is 7.80. The average Bonchev–Trinajstić information content (AvgIpc) is 3.40. The van der Waals surface area contributed by atoms with E-state index in [9.17, 15) is 0 Å². The second-order valence-electron chi connectivity index (χ2n) is 8.77. The molecule has 0 saturated carbocycles. The first-order chi connectivity index (χ1) is 17.8. The molecule has 2 unspecified atom stereocenters. The number of methoxy groups -OCH3 is 2. The molecule has 6 nitrogen and oxygen atoms in total. The minimum atomic E-state index is -0.235. The smallest absolute Gasteiger partial charge is 0.174 e. The number of nitrogens with zero attached hydrogens (tertiary/aromatic N) is 3. The van der Waals surface area contributed by atoms with Crippen molar-refractivity contribution < 1.29 is 9.47 Å². The number of hydrogen-bond donors (Lipinski definition) is 1. The van der Waals surface area contributed by atoms with Crippen LogP contribution in [0.15, 0.2) is 66.9 Å². The predicted octanol–water partition coefficient (Wildman–Crippen LogP) is 6.99. The van der Waals surface area contributed by atoms with Gasteiger partial charge in [-0.15, -0.1) is 0 Å². The maximum absolute atomic E-state index is 6.65. The summed E-state index contributed by atoms with van der Waals surface area (Å²) in [4.78, 5) is 6.75. The van der Waals surface area contributed by atoms with Crippen LogP contribution in [0.4, 0.5) is 5.69 Å². The molecular weight excluding hydrogens is 527 g/mol. The number of benzene rings is 2. The number of rotatable bonds is 6. The van der Waals surface area contributed by atoms with E-state index >= 15 is 0 Å². The summed E-state index contributed by atoms with van der Waals surface area (Å²) in [5.74, 6) is 1.39. The molecular formula is C28H26Cl2N4O2S. The van der Waals surface area contributed by atoms with Crippen molar-refractivity contribution >= 4 is 46.2 Å². The molecule has 2 atom stereocenters. The molecule has 1 saturated heterocycles. The van der Waals surface area contributed by atoms with E-state index in [1.807, 2.05) is 48.5 Å². The fourth-order valence-corrected chi connectivity index (χ4v) is 5.76. The first kappa shape index (κ1) is 25.4. The second kappa shape index (κ2) is 10.2. The Morgan fingerprint density at radius 2 is 1.76 bits per heavy atom. The maximum atomic E-state index is 6.65. The van der Waals surface area contributed by atoms with Gasteiger partial charge < -0.3 is 24.3 Å². The molecule has 0 aliphatic carbocycles. The number of thiocarbonyl (C=S) groups is 1. The Bertz CT molecular complexity index is 1470. The summed E-state index contributed by atoms with van der Waals surface area (Å²) >= 11 is 18.9. The molecule has 2 aromatic carbocycles. The van der Waals surface area contributed by atoms with Crippen molar-refractivity contribution in [3.05, 3.63) is 99.6 Å². The molecule has 0 radical (unpaired) electrons. The van der Waals surface area contributed by atoms with E-state index in [-0.39, 0.29) is 12.1 Å². The van der Waals surface area contributed by atoms with Crippen LogP contribution in [0, 0.1) is 13.8 Å². The third-order valence-electron chi connectivity index (χ3n) is 6.70. The van der Waals surface area contributed by atoms with Gasteiger partial charge >= 0.3 is 0 Å². The molecule has 0 bridgehead atoms. The lowest BCUT2D eigenvalue weighted by Gasteiger charge is -2.29. The molecule has 190 valence electrons. The molecule has 1 aliphatic rings. The summed E-state index contributed by atoms with van der Waals surface area (Å²) in [5.41, 5.74) is 5.61. The van der Waals surface area contributed by atoms with Crippen LogP contribution in [0.2, 0.25) is 10.0 Å². The van der Waals surface area contributed by atoms with Crippen LogP contribution in [-0.2, 0) is 0 Å². The van der Waals surface area contributed by atoms with Crippen LogP contribution in [0.5, 0.6) is 11.5 Å². The van der Waals surface area contributed by atoms with Gasteiger partial charge in [-0.05, 0) is 74.1 Å². The lowest BCUT2D eigenvalue weighted by atomic mass is 9.96. The van der Waals surface area contributed by atoms with Gasteiger partial charge in [-0.25, -0.2) is 0 Å². The number of pyridine rings is 1. The van der Waals surface area contributed by atoms with Gasteiger partial charge in [-0.1, -0.05) is 35.3 Å². The number of nitrogens with one attached hydrogen (secondary N) is 1. The SMILES string of the molecule is COc1ccc(OC)c(N2C(=S)NC(c3ccccn3)C2c2cc(C)n(-c3cccc(Cl)c3Cl)c2C)c1. The van der Waals surface area contributed by atoms with E-state index in [1.54, 1.807) is 26.5 Å². The van der Waals surface area contributed by atoms with Gasteiger partial charge in [0.2, 0.25) is 0 Å². The highest BCUT2D eigenvalue weighted by Crippen LogP contribution is 2.47. The fourth-order valence-electron chi connectivity index (χ4n) is 5.04. The van der Waals surface area contributed by atoms with Crippen LogP contribution < -0.4 is 19.7 Å². The van der Waals surface area contributed by atoms with Crippen molar-refractivity contribution in [2.45, 2.75) is 25.9 Å². The lowest BCUT2D eigenvalue weighted by Crippen LogP contribution is -2.30. The van der Waals surface area contributed by atoms with Crippen LogP contribution in [0.25, 0.3) is 5.69 Å². The summed E-state index contributed by atoms with van der Waals surface area (Å²) in [5, 5.41) is 5.09. The van der Waals surface area contributed by atoms with E-state index in [0.29, 0.717) is 26.7 Å². The average molecular weight is 554 g/mol. The summed E-state index contributed by atoms with van der Waals surface area (Å²) in [6.45, 7) is 4.14. The monoisotopic (exact) mass is 552 g/mol. The van der Waals surface area contributed by atoms with Crippen molar-refractivity contribution in [2.75, 3.05) is 19.1 Å². The normalized spacial score (nSPS) is 17.1. The number of ether oxygens (including phenoxy) is 2. The summed E-state index contributed by atoms with van der Waals surface area (Å²) in [6.07, 6.45) is 1.79.